The maximum Gasteiger partial charge on any atom is 0.273 e. The minimum atomic E-state index is -0.265. The number of halogens is 1. The molecule has 1 heterocycles. The van der Waals surface area contributed by atoms with Crippen molar-refractivity contribution in [1.82, 2.24) is 10.2 Å². The highest BCUT2D eigenvalue weighted by Crippen LogP contribution is 2.23. The fourth-order valence-electron chi connectivity index (χ4n) is 2.26. The highest BCUT2D eigenvalue weighted by Gasteiger charge is 2.13. The van der Waals surface area contributed by atoms with Crippen molar-refractivity contribution < 1.29 is 9.53 Å². The Labute approximate surface area is 144 Å². The van der Waals surface area contributed by atoms with E-state index in [4.69, 9.17) is 16.3 Å². The number of hydrogen-bond donors (Lipinski definition) is 2. The molecular weight excluding hydrogens is 326 g/mol. The summed E-state index contributed by atoms with van der Waals surface area (Å²) in [7, 11) is 1.59. The Morgan fingerprint density at radius 1 is 1.17 bits per heavy atom. The number of aromatic nitrogens is 2. The second-order valence-electron chi connectivity index (χ2n) is 5.31. The first-order chi connectivity index (χ1) is 11.6. The maximum atomic E-state index is 12.4. The van der Waals surface area contributed by atoms with E-state index in [1.165, 1.54) is 0 Å². The normalized spacial score (nSPS) is 10.5. The first kappa shape index (κ1) is 16.1. The number of carbonyl (C=O) groups excluding carboxylic acids is 1. The van der Waals surface area contributed by atoms with Crippen LogP contribution < -0.4 is 10.1 Å². The van der Waals surface area contributed by atoms with Crippen molar-refractivity contribution in [2.24, 2.45) is 0 Å². The van der Waals surface area contributed by atoms with Gasteiger partial charge in [-0.1, -0.05) is 29.8 Å². The number of hydrogen-bond acceptors (Lipinski definition) is 3. The molecule has 2 aromatic carbocycles. The standard InChI is InChI=1S/C18H16ClN3O2/c1-11-3-8-14(24-2)9-15(11)20-18(23)17-10-16(21-22-17)12-4-6-13(19)7-5-12/h3-10H,1-2H3,(H,20,23)(H,21,22). The molecule has 0 saturated heterocycles. The molecule has 24 heavy (non-hydrogen) atoms. The third-order valence-corrected chi connectivity index (χ3v) is 3.91. The number of carbonyl (C=O) groups is 1. The molecule has 1 aromatic heterocycles. The van der Waals surface area contributed by atoms with Gasteiger partial charge in [0.1, 0.15) is 11.4 Å². The van der Waals surface area contributed by atoms with Gasteiger partial charge in [0.05, 0.1) is 12.8 Å². The van der Waals surface area contributed by atoms with Crippen LogP contribution in [0.15, 0.2) is 48.5 Å². The molecule has 0 aliphatic heterocycles. The lowest BCUT2D eigenvalue weighted by atomic mass is 10.1. The van der Waals surface area contributed by atoms with Gasteiger partial charge in [-0.3, -0.25) is 9.89 Å². The van der Waals surface area contributed by atoms with Crippen LogP contribution in [0.4, 0.5) is 5.69 Å². The number of nitrogens with zero attached hydrogens (tertiary/aromatic N) is 1. The molecule has 0 atom stereocenters. The van der Waals surface area contributed by atoms with Crippen LogP contribution >= 0.6 is 11.6 Å². The molecule has 3 aromatic rings. The van der Waals surface area contributed by atoms with E-state index in [1.54, 1.807) is 31.4 Å². The van der Waals surface area contributed by atoms with Crippen molar-refractivity contribution >= 4 is 23.2 Å². The number of aryl methyl sites for hydroxylation is 1. The highest BCUT2D eigenvalue weighted by atomic mass is 35.5. The molecule has 0 aliphatic rings. The summed E-state index contributed by atoms with van der Waals surface area (Å²) in [6, 6.07) is 14.5. The van der Waals surface area contributed by atoms with Crippen molar-refractivity contribution in [3.63, 3.8) is 0 Å². The Balaban J connectivity index is 1.80. The van der Waals surface area contributed by atoms with Crippen LogP contribution in [0.2, 0.25) is 5.02 Å². The summed E-state index contributed by atoms with van der Waals surface area (Å²) in [6.07, 6.45) is 0. The molecule has 0 unspecified atom stereocenters. The van der Waals surface area contributed by atoms with E-state index in [9.17, 15) is 4.79 Å². The molecule has 5 nitrogen and oxygen atoms in total. The molecule has 0 spiro atoms. The number of ether oxygens (including phenoxy) is 1. The number of aromatic amines is 1. The molecule has 1 amide bonds. The SMILES string of the molecule is COc1ccc(C)c(NC(=O)c2cc(-c3ccc(Cl)cc3)n[nH]2)c1. The average molecular weight is 342 g/mol. The number of benzene rings is 2. The first-order valence-electron chi connectivity index (χ1n) is 7.34. The molecule has 2 N–H and O–H groups in total. The van der Waals surface area contributed by atoms with Crippen LogP contribution in [0.25, 0.3) is 11.3 Å². The van der Waals surface area contributed by atoms with Crippen molar-refractivity contribution in [2.45, 2.75) is 6.92 Å². The fourth-order valence-corrected chi connectivity index (χ4v) is 2.38. The average Bonchev–Trinajstić information content (AvgIpc) is 3.07. The van der Waals surface area contributed by atoms with E-state index >= 15 is 0 Å². The zero-order valence-corrected chi connectivity index (χ0v) is 14.0. The summed E-state index contributed by atoms with van der Waals surface area (Å²) in [5, 5.41) is 10.5. The molecule has 0 saturated carbocycles. The van der Waals surface area contributed by atoms with Crippen molar-refractivity contribution in [1.29, 1.82) is 0 Å². The molecule has 0 fully saturated rings. The number of rotatable bonds is 4. The fraction of sp³-hybridized carbons (Fsp3) is 0.111. The molecule has 0 bridgehead atoms. The van der Waals surface area contributed by atoms with Gasteiger partial charge in [0.15, 0.2) is 0 Å². The number of amides is 1. The van der Waals surface area contributed by atoms with Gasteiger partial charge in [0, 0.05) is 22.3 Å². The largest absolute Gasteiger partial charge is 0.497 e. The topological polar surface area (TPSA) is 67.0 Å². The van der Waals surface area contributed by atoms with Crippen LogP contribution in [-0.4, -0.2) is 23.2 Å². The Morgan fingerprint density at radius 3 is 2.62 bits per heavy atom. The summed E-state index contributed by atoms with van der Waals surface area (Å²) >= 11 is 5.88. The molecule has 3 rings (SSSR count). The summed E-state index contributed by atoms with van der Waals surface area (Å²) in [6.45, 7) is 1.92. The van der Waals surface area contributed by atoms with Crippen LogP contribution in [0.1, 0.15) is 16.1 Å². The predicted octanol–water partition coefficient (Wildman–Crippen LogP) is 4.30. The van der Waals surface area contributed by atoms with Gasteiger partial charge >= 0.3 is 0 Å². The number of anilines is 1. The second-order valence-corrected chi connectivity index (χ2v) is 5.75. The second kappa shape index (κ2) is 6.76. The van der Waals surface area contributed by atoms with E-state index in [1.807, 2.05) is 31.2 Å². The lowest BCUT2D eigenvalue weighted by Gasteiger charge is -2.09. The van der Waals surface area contributed by atoms with E-state index in [-0.39, 0.29) is 5.91 Å². The van der Waals surface area contributed by atoms with Gasteiger partial charge in [-0.05, 0) is 36.8 Å². The van der Waals surface area contributed by atoms with Crippen LogP contribution in [-0.2, 0) is 0 Å². The lowest BCUT2D eigenvalue weighted by molar-refractivity contribution is 0.102. The van der Waals surface area contributed by atoms with E-state index in [0.29, 0.717) is 27.8 Å². The van der Waals surface area contributed by atoms with Gasteiger partial charge in [0.25, 0.3) is 5.91 Å². The van der Waals surface area contributed by atoms with Gasteiger partial charge in [-0.25, -0.2) is 0 Å². The summed E-state index contributed by atoms with van der Waals surface area (Å²) in [5.41, 5.74) is 3.58. The molecule has 0 aliphatic carbocycles. The van der Waals surface area contributed by atoms with Crippen molar-refractivity contribution in [3.8, 4) is 17.0 Å². The summed E-state index contributed by atoms with van der Waals surface area (Å²) < 4.78 is 5.19. The zero-order chi connectivity index (χ0) is 17.1. The van der Waals surface area contributed by atoms with Crippen LogP contribution in [0, 0.1) is 6.92 Å². The van der Waals surface area contributed by atoms with E-state index in [0.717, 1.165) is 11.1 Å². The first-order valence-corrected chi connectivity index (χ1v) is 7.72. The predicted molar refractivity (Wildman–Crippen MR) is 94.7 cm³/mol. The van der Waals surface area contributed by atoms with Gasteiger partial charge in [-0.2, -0.15) is 5.10 Å². The summed E-state index contributed by atoms with van der Waals surface area (Å²) in [4.78, 5) is 12.4. The van der Waals surface area contributed by atoms with Crippen LogP contribution in [0.3, 0.4) is 0 Å². The lowest BCUT2D eigenvalue weighted by Crippen LogP contribution is -2.13. The molecule has 122 valence electrons. The Kier molecular flexibility index (Phi) is 4.53. The van der Waals surface area contributed by atoms with E-state index in [2.05, 4.69) is 15.5 Å². The molecule has 0 radical (unpaired) electrons. The summed E-state index contributed by atoms with van der Waals surface area (Å²) in [5.74, 6) is 0.418. The van der Waals surface area contributed by atoms with Crippen molar-refractivity contribution in [3.05, 3.63) is 64.8 Å². The minimum Gasteiger partial charge on any atom is -0.497 e. The third-order valence-electron chi connectivity index (χ3n) is 3.66. The van der Waals surface area contributed by atoms with E-state index < -0.39 is 0 Å². The molecule has 6 heteroatoms. The van der Waals surface area contributed by atoms with Gasteiger partial charge < -0.3 is 10.1 Å². The number of methoxy groups -OCH3 is 1. The minimum absolute atomic E-state index is 0.265. The third kappa shape index (κ3) is 3.41. The Morgan fingerprint density at radius 2 is 1.92 bits per heavy atom. The Bertz CT molecular complexity index is 872. The Hall–Kier alpha value is -2.79. The monoisotopic (exact) mass is 341 g/mol. The quantitative estimate of drug-likeness (QED) is 0.743. The zero-order valence-electron chi connectivity index (χ0n) is 13.3. The smallest absolute Gasteiger partial charge is 0.273 e. The van der Waals surface area contributed by atoms with Crippen molar-refractivity contribution in [2.75, 3.05) is 12.4 Å². The van der Waals surface area contributed by atoms with Gasteiger partial charge in [0.2, 0.25) is 0 Å². The maximum absolute atomic E-state index is 12.4. The highest BCUT2D eigenvalue weighted by molar-refractivity contribution is 6.30. The number of H-pyrrole nitrogens is 1. The van der Waals surface area contributed by atoms with Gasteiger partial charge in [-0.15, -0.1) is 0 Å². The molecular formula is C18H16ClN3O2. The van der Waals surface area contributed by atoms with Crippen LogP contribution in [0.5, 0.6) is 5.75 Å². The number of nitrogens with one attached hydrogen (secondary N) is 2.